The van der Waals surface area contributed by atoms with Crippen LogP contribution in [0.1, 0.15) is 40.2 Å². The smallest absolute Gasteiger partial charge is 0.399 e. The third-order valence-corrected chi connectivity index (χ3v) is 5.67. The second-order valence-electron chi connectivity index (χ2n) is 7.98. The van der Waals surface area contributed by atoms with Gasteiger partial charge in [-0.15, -0.1) is 0 Å². The molecule has 5 nitrogen and oxygen atoms in total. The van der Waals surface area contributed by atoms with E-state index >= 15 is 0 Å². The van der Waals surface area contributed by atoms with Gasteiger partial charge in [0.25, 0.3) is 0 Å². The number of hydrogen-bond acceptors (Lipinski definition) is 5. The maximum absolute atomic E-state index is 6.17. The molecule has 0 N–H and O–H groups in total. The van der Waals surface area contributed by atoms with Gasteiger partial charge in [0.1, 0.15) is 5.82 Å². The molecule has 3 rings (SSSR count). The van der Waals surface area contributed by atoms with E-state index in [2.05, 4.69) is 57.5 Å². The van der Waals surface area contributed by atoms with Gasteiger partial charge in [-0.1, -0.05) is 13.0 Å². The molecule has 0 saturated carbocycles. The summed E-state index contributed by atoms with van der Waals surface area (Å²) in [6.45, 7) is 14.8. The molecule has 0 radical (unpaired) electrons. The van der Waals surface area contributed by atoms with Gasteiger partial charge in [-0.25, -0.2) is 4.98 Å². The van der Waals surface area contributed by atoms with E-state index in [9.17, 15) is 0 Å². The summed E-state index contributed by atoms with van der Waals surface area (Å²) in [5, 5.41) is 0. The summed E-state index contributed by atoms with van der Waals surface area (Å²) in [7, 11) is 1.83. The van der Waals surface area contributed by atoms with Crippen molar-refractivity contribution in [3.05, 3.63) is 17.8 Å². The summed E-state index contributed by atoms with van der Waals surface area (Å²) in [5.41, 5.74) is 1.65. The van der Waals surface area contributed by atoms with Crippen LogP contribution in [-0.2, 0) is 15.7 Å². The van der Waals surface area contributed by atoms with Gasteiger partial charge in [0, 0.05) is 37.8 Å². The Morgan fingerprint density at radius 2 is 1.67 bits per heavy atom. The lowest BCUT2D eigenvalue weighted by atomic mass is 9.79. The molecule has 0 aromatic carbocycles. The van der Waals surface area contributed by atoms with E-state index in [0.29, 0.717) is 0 Å². The van der Waals surface area contributed by atoms with Gasteiger partial charge in [0.05, 0.1) is 11.2 Å². The lowest BCUT2D eigenvalue weighted by Gasteiger charge is -2.34. The molecule has 0 unspecified atom stereocenters. The van der Waals surface area contributed by atoms with Crippen LogP contribution in [0.5, 0.6) is 0 Å². The zero-order valence-electron chi connectivity index (χ0n) is 15.9. The second kappa shape index (κ2) is 6.32. The van der Waals surface area contributed by atoms with Crippen LogP contribution in [0, 0.1) is 0 Å². The summed E-state index contributed by atoms with van der Waals surface area (Å²) in [6, 6.07) is 2.21. The fraction of sp³-hybridized carbons (Fsp3) is 0.722. The fourth-order valence-electron chi connectivity index (χ4n) is 3.19. The summed E-state index contributed by atoms with van der Waals surface area (Å²) in [6.07, 6.45) is 2.89. The van der Waals surface area contributed by atoms with Crippen LogP contribution in [0.2, 0.25) is 0 Å². The van der Waals surface area contributed by atoms with Gasteiger partial charge in [-0.05, 0) is 46.7 Å². The number of pyridine rings is 1. The third kappa shape index (κ3) is 3.19. The number of likely N-dealkylation sites (N-methyl/N-ethyl adjacent to an activating group) is 1. The van der Waals surface area contributed by atoms with E-state index in [4.69, 9.17) is 14.3 Å². The van der Waals surface area contributed by atoms with Crippen LogP contribution in [0.15, 0.2) is 12.3 Å². The maximum atomic E-state index is 6.17. The van der Waals surface area contributed by atoms with Gasteiger partial charge in [-0.2, -0.15) is 0 Å². The number of hydrogen-bond donors (Lipinski definition) is 0. The number of aromatic nitrogens is 1. The summed E-state index contributed by atoms with van der Waals surface area (Å²) >= 11 is 0. The molecular formula is C18H30BN3O2. The summed E-state index contributed by atoms with van der Waals surface area (Å²) in [4.78, 5) is 9.54. The van der Waals surface area contributed by atoms with Crippen molar-refractivity contribution in [3.8, 4) is 0 Å². The molecule has 24 heavy (non-hydrogen) atoms. The zero-order chi connectivity index (χ0) is 17.5. The fourth-order valence-corrected chi connectivity index (χ4v) is 3.19. The first-order valence-electron chi connectivity index (χ1n) is 9.01. The molecule has 0 spiro atoms. The third-order valence-electron chi connectivity index (χ3n) is 5.67. The van der Waals surface area contributed by atoms with Gasteiger partial charge in [0.15, 0.2) is 0 Å². The van der Waals surface area contributed by atoms with Gasteiger partial charge in [-0.3, -0.25) is 0 Å². The average molecular weight is 331 g/mol. The molecule has 0 atom stereocenters. The molecule has 3 heterocycles. The van der Waals surface area contributed by atoms with Crippen LogP contribution in [0.3, 0.4) is 0 Å². The van der Waals surface area contributed by atoms with E-state index in [1.807, 2.05) is 6.20 Å². The van der Waals surface area contributed by atoms with Crippen LogP contribution in [0.25, 0.3) is 0 Å². The highest BCUT2D eigenvalue weighted by Gasteiger charge is 2.51. The first-order valence-corrected chi connectivity index (χ1v) is 9.01. The van der Waals surface area contributed by atoms with Crippen molar-refractivity contribution in [1.29, 1.82) is 0 Å². The Labute approximate surface area is 146 Å². The minimum absolute atomic E-state index is 0.319. The molecule has 2 saturated heterocycles. The number of piperazine rings is 1. The number of nitrogens with zero attached hydrogens (tertiary/aromatic N) is 3. The van der Waals surface area contributed by atoms with Gasteiger partial charge in [0.2, 0.25) is 0 Å². The Hall–Kier alpha value is -1.11. The van der Waals surface area contributed by atoms with E-state index in [-0.39, 0.29) is 18.3 Å². The van der Waals surface area contributed by atoms with Crippen molar-refractivity contribution in [1.82, 2.24) is 9.88 Å². The van der Waals surface area contributed by atoms with Gasteiger partial charge >= 0.3 is 7.12 Å². The normalized spacial score (nSPS) is 23.8. The van der Waals surface area contributed by atoms with Crippen molar-refractivity contribution in [2.75, 3.05) is 38.1 Å². The Morgan fingerprint density at radius 1 is 1.08 bits per heavy atom. The van der Waals surface area contributed by atoms with Crippen molar-refractivity contribution in [2.24, 2.45) is 0 Å². The Kier molecular flexibility index (Phi) is 4.66. The minimum atomic E-state index is -0.339. The highest BCUT2D eigenvalue weighted by atomic mass is 16.7. The van der Waals surface area contributed by atoms with Crippen molar-refractivity contribution in [3.63, 3.8) is 0 Å². The van der Waals surface area contributed by atoms with Crippen LogP contribution in [0.4, 0.5) is 5.82 Å². The molecule has 2 aliphatic rings. The van der Waals surface area contributed by atoms with Crippen LogP contribution >= 0.6 is 0 Å². The van der Waals surface area contributed by atoms with Crippen LogP contribution < -0.4 is 10.4 Å². The Balaban J connectivity index is 1.82. The maximum Gasteiger partial charge on any atom is 0.496 e. The molecule has 0 bridgehead atoms. The van der Waals surface area contributed by atoms with Crippen molar-refractivity contribution < 1.29 is 9.31 Å². The molecular weight excluding hydrogens is 301 g/mol. The van der Waals surface area contributed by atoms with E-state index in [1.54, 1.807) is 0 Å². The molecule has 1 aromatic heterocycles. The lowest BCUT2D eigenvalue weighted by molar-refractivity contribution is 0.00578. The predicted octanol–water partition coefficient (Wildman–Crippen LogP) is 1.69. The first kappa shape index (κ1) is 17.7. The van der Waals surface area contributed by atoms with Crippen LogP contribution in [-0.4, -0.2) is 61.4 Å². The lowest BCUT2D eigenvalue weighted by Crippen LogP contribution is -2.45. The molecule has 132 valence electrons. The van der Waals surface area contributed by atoms with Gasteiger partial charge < -0.3 is 19.1 Å². The highest BCUT2D eigenvalue weighted by molar-refractivity contribution is 6.62. The zero-order valence-corrected chi connectivity index (χ0v) is 15.9. The second-order valence-corrected chi connectivity index (χ2v) is 7.98. The Morgan fingerprint density at radius 3 is 2.21 bits per heavy atom. The summed E-state index contributed by atoms with van der Waals surface area (Å²) < 4.78 is 12.3. The minimum Gasteiger partial charge on any atom is -0.399 e. The molecule has 0 aliphatic carbocycles. The van der Waals surface area contributed by atoms with E-state index in [1.165, 1.54) is 5.56 Å². The number of rotatable bonds is 3. The quantitative estimate of drug-likeness (QED) is 0.788. The van der Waals surface area contributed by atoms with E-state index in [0.717, 1.165) is 43.9 Å². The summed E-state index contributed by atoms with van der Waals surface area (Å²) in [5.74, 6) is 1.12. The number of anilines is 1. The molecule has 0 amide bonds. The average Bonchev–Trinajstić information content (AvgIpc) is 2.76. The predicted molar refractivity (Wildman–Crippen MR) is 99.0 cm³/mol. The first-order chi connectivity index (χ1) is 11.2. The topological polar surface area (TPSA) is 37.8 Å². The van der Waals surface area contributed by atoms with E-state index < -0.39 is 0 Å². The molecule has 2 fully saturated rings. The molecule has 2 aliphatic heterocycles. The highest BCUT2D eigenvalue weighted by Crippen LogP contribution is 2.36. The largest absolute Gasteiger partial charge is 0.496 e. The standard InChI is InChI=1S/C18H30BN3O2/c1-7-14-12-15(19-23-17(2,3)18(4,5)24-19)13-20-16(14)22-10-8-21(6)9-11-22/h12-13H,7-11H2,1-6H3. The molecule has 6 heteroatoms. The number of aryl methyl sites for hydroxylation is 1. The Bertz CT molecular complexity index is 582. The molecule has 1 aromatic rings. The van der Waals surface area contributed by atoms with Crippen molar-refractivity contribution in [2.45, 2.75) is 52.2 Å². The SMILES string of the molecule is CCc1cc(B2OC(C)(C)C(C)(C)O2)cnc1N1CCN(C)CC1. The monoisotopic (exact) mass is 331 g/mol. The van der Waals surface area contributed by atoms with Crippen molar-refractivity contribution >= 4 is 18.4 Å².